The normalized spacial score (nSPS) is 17.5. The van der Waals surface area contributed by atoms with Crippen LogP contribution in [0.25, 0.3) is 0 Å². The Hall–Kier alpha value is -2.25. The zero-order valence-electron chi connectivity index (χ0n) is 21.5. The molecule has 0 atom stereocenters. The van der Waals surface area contributed by atoms with Gasteiger partial charge in [-0.15, -0.1) is 21.5 Å². The summed E-state index contributed by atoms with van der Waals surface area (Å²) in [6.45, 7) is 3.18. The van der Waals surface area contributed by atoms with Gasteiger partial charge in [0.2, 0.25) is 15.9 Å². The van der Waals surface area contributed by atoms with Gasteiger partial charge in [-0.2, -0.15) is 4.31 Å². The maximum absolute atomic E-state index is 13.2. The molecule has 1 aromatic carbocycles. The number of aryl methyl sites for hydroxylation is 1. The van der Waals surface area contributed by atoms with E-state index in [1.54, 1.807) is 36.5 Å². The van der Waals surface area contributed by atoms with Crippen molar-refractivity contribution in [1.82, 2.24) is 19.1 Å². The molecular weight excluding hydrogens is 543 g/mol. The molecule has 204 valence electrons. The summed E-state index contributed by atoms with van der Waals surface area (Å²) < 4.78 is 35.4. The van der Waals surface area contributed by atoms with E-state index in [2.05, 4.69) is 31.5 Å². The molecule has 2 aliphatic rings. The highest BCUT2D eigenvalue weighted by Gasteiger charge is 2.28. The van der Waals surface area contributed by atoms with Gasteiger partial charge in [0.25, 0.3) is 0 Å². The molecule has 1 aliphatic carbocycles. The summed E-state index contributed by atoms with van der Waals surface area (Å²) >= 11 is 3.09. The van der Waals surface area contributed by atoms with Gasteiger partial charge in [-0.25, -0.2) is 8.42 Å². The number of carbonyl (C=O) groups excluding carboxylic acids is 1. The fourth-order valence-electron chi connectivity index (χ4n) is 5.01. The first-order chi connectivity index (χ1) is 18.4. The summed E-state index contributed by atoms with van der Waals surface area (Å²) in [5.74, 6) is 0.883. The van der Waals surface area contributed by atoms with Gasteiger partial charge in [0.05, 0.1) is 23.9 Å². The Morgan fingerprint density at radius 3 is 2.68 bits per heavy atom. The number of thioether (sulfide) groups is 1. The Morgan fingerprint density at radius 2 is 1.95 bits per heavy atom. The number of amides is 1. The smallest absolute Gasteiger partial charge is 0.243 e. The summed E-state index contributed by atoms with van der Waals surface area (Å²) in [6.07, 6.45) is 6.56. The lowest BCUT2D eigenvalue weighted by Crippen LogP contribution is -2.40. The minimum atomic E-state index is -3.67. The molecule has 1 saturated carbocycles. The molecule has 1 N–H and O–H groups in total. The Morgan fingerprint density at radius 1 is 1.16 bits per heavy atom. The highest BCUT2D eigenvalue weighted by atomic mass is 32.2. The number of aromatic nitrogens is 3. The maximum atomic E-state index is 13.2. The van der Waals surface area contributed by atoms with E-state index in [0.717, 1.165) is 30.2 Å². The van der Waals surface area contributed by atoms with E-state index in [1.165, 1.54) is 40.2 Å². The van der Waals surface area contributed by atoms with Gasteiger partial charge >= 0.3 is 0 Å². The second-order valence-corrected chi connectivity index (χ2v) is 13.5. The first kappa shape index (κ1) is 27.3. The number of nitrogens with zero attached hydrogens (tertiary/aromatic N) is 4. The standard InChI is InChI=1S/C26H33N5O4S3/c1-19-9-10-20(16-23(19)38(33,34)30-11-13-35-14-12-30)27-25(32)18-37-26-29-28-24(17-22-8-5-15-36-22)31(26)21-6-3-2-4-7-21/h5,8-10,15-16,21H,2-4,6-7,11-14,17-18H2,1H3,(H,27,32). The van der Waals surface area contributed by atoms with Crippen LogP contribution in [0.1, 0.15) is 54.4 Å². The van der Waals surface area contributed by atoms with Crippen molar-refractivity contribution in [3.8, 4) is 0 Å². The topological polar surface area (TPSA) is 106 Å². The largest absolute Gasteiger partial charge is 0.379 e. The summed E-state index contributed by atoms with van der Waals surface area (Å²) in [4.78, 5) is 14.4. The van der Waals surface area contributed by atoms with Crippen molar-refractivity contribution in [3.05, 3.63) is 52.0 Å². The van der Waals surface area contributed by atoms with Crippen molar-refractivity contribution in [2.24, 2.45) is 0 Å². The number of benzene rings is 1. The van der Waals surface area contributed by atoms with Crippen molar-refractivity contribution < 1.29 is 17.9 Å². The second-order valence-electron chi connectivity index (χ2n) is 9.65. The average Bonchev–Trinajstić information content (AvgIpc) is 3.60. The molecule has 0 bridgehead atoms. The fourth-order valence-corrected chi connectivity index (χ4v) is 8.20. The van der Waals surface area contributed by atoms with Crippen LogP contribution in [-0.2, 0) is 26.0 Å². The lowest BCUT2D eigenvalue weighted by Gasteiger charge is -2.27. The lowest BCUT2D eigenvalue weighted by molar-refractivity contribution is -0.113. The van der Waals surface area contributed by atoms with Gasteiger partial charge < -0.3 is 14.6 Å². The number of hydrogen-bond donors (Lipinski definition) is 1. The first-order valence-electron chi connectivity index (χ1n) is 13.0. The number of anilines is 1. The van der Waals surface area contributed by atoms with Crippen LogP contribution in [0, 0.1) is 6.92 Å². The average molecular weight is 576 g/mol. The van der Waals surface area contributed by atoms with E-state index in [-0.39, 0.29) is 16.6 Å². The Bertz CT molecular complexity index is 1350. The number of morpholine rings is 1. The van der Waals surface area contributed by atoms with Crippen LogP contribution in [0.5, 0.6) is 0 Å². The molecular formula is C26H33N5O4S3. The number of sulfonamides is 1. The summed E-state index contributed by atoms with van der Waals surface area (Å²) in [5.41, 5.74) is 1.10. The van der Waals surface area contributed by atoms with E-state index in [1.807, 2.05) is 6.07 Å². The molecule has 5 rings (SSSR count). The van der Waals surface area contributed by atoms with Gasteiger partial charge in [-0.05, 0) is 48.9 Å². The van der Waals surface area contributed by atoms with Gasteiger partial charge in [0.1, 0.15) is 5.82 Å². The van der Waals surface area contributed by atoms with Crippen LogP contribution >= 0.6 is 23.1 Å². The number of nitrogens with one attached hydrogen (secondary N) is 1. The molecule has 1 saturated heterocycles. The number of ether oxygens (including phenoxy) is 1. The van der Waals surface area contributed by atoms with Crippen molar-refractivity contribution in [2.45, 2.75) is 61.5 Å². The van der Waals surface area contributed by atoms with E-state index >= 15 is 0 Å². The summed E-state index contributed by atoms with van der Waals surface area (Å²) in [5, 5.41) is 14.7. The predicted molar refractivity (Wildman–Crippen MR) is 149 cm³/mol. The lowest BCUT2D eigenvalue weighted by atomic mass is 9.95. The zero-order valence-corrected chi connectivity index (χ0v) is 23.9. The third-order valence-electron chi connectivity index (χ3n) is 6.98. The molecule has 2 fully saturated rings. The van der Waals surface area contributed by atoms with E-state index in [0.29, 0.717) is 43.6 Å². The molecule has 2 aromatic heterocycles. The van der Waals surface area contributed by atoms with Crippen LogP contribution in [0.2, 0.25) is 0 Å². The molecule has 1 amide bonds. The minimum absolute atomic E-state index is 0.156. The van der Waals surface area contributed by atoms with Crippen molar-refractivity contribution in [3.63, 3.8) is 0 Å². The molecule has 3 aromatic rings. The molecule has 38 heavy (non-hydrogen) atoms. The highest BCUT2D eigenvalue weighted by Crippen LogP contribution is 2.33. The maximum Gasteiger partial charge on any atom is 0.243 e. The molecule has 1 aliphatic heterocycles. The monoisotopic (exact) mass is 575 g/mol. The van der Waals surface area contributed by atoms with Crippen molar-refractivity contribution >= 4 is 44.7 Å². The third-order valence-corrected chi connectivity index (χ3v) is 10.8. The van der Waals surface area contributed by atoms with Crippen LogP contribution in [-0.4, -0.2) is 65.5 Å². The summed E-state index contributed by atoms with van der Waals surface area (Å²) in [7, 11) is -3.67. The predicted octanol–water partition coefficient (Wildman–Crippen LogP) is 4.50. The molecule has 0 unspecified atom stereocenters. The number of hydrogen-bond acceptors (Lipinski definition) is 8. The Labute approximate surface area is 232 Å². The molecule has 0 radical (unpaired) electrons. The van der Waals surface area contributed by atoms with Gasteiger partial charge in [0.15, 0.2) is 5.16 Å². The zero-order chi connectivity index (χ0) is 26.5. The van der Waals surface area contributed by atoms with Gasteiger partial charge in [-0.3, -0.25) is 4.79 Å². The number of carbonyl (C=O) groups is 1. The molecule has 3 heterocycles. The minimum Gasteiger partial charge on any atom is -0.379 e. The van der Waals surface area contributed by atoms with Crippen molar-refractivity contribution in [2.75, 3.05) is 37.4 Å². The Balaban J connectivity index is 1.28. The molecule has 0 spiro atoms. The quantitative estimate of drug-likeness (QED) is 0.375. The SMILES string of the molecule is Cc1ccc(NC(=O)CSc2nnc(Cc3cccs3)n2C2CCCCC2)cc1S(=O)(=O)N1CCOCC1. The first-order valence-corrected chi connectivity index (χ1v) is 16.3. The van der Waals surface area contributed by atoms with Gasteiger partial charge in [0, 0.05) is 36.1 Å². The van der Waals surface area contributed by atoms with Crippen LogP contribution in [0.4, 0.5) is 5.69 Å². The highest BCUT2D eigenvalue weighted by molar-refractivity contribution is 7.99. The second kappa shape index (κ2) is 12.3. The van der Waals surface area contributed by atoms with Crippen LogP contribution in [0.15, 0.2) is 45.8 Å². The molecule has 9 nitrogen and oxygen atoms in total. The van der Waals surface area contributed by atoms with Gasteiger partial charge in [-0.1, -0.05) is 43.2 Å². The van der Waals surface area contributed by atoms with Crippen LogP contribution < -0.4 is 5.32 Å². The van der Waals surface area contributed by atoms with Crippen LogP contribution in [0.3, 0.4) is 0 Å². The fraction of sp³-hybridized carbons (Fsp3) is 0.500. The molecule has 12 heteroatoms. The van der Waals surface area contributed by atoms with E-state index in [9.17, 15) is 13.2 Å². The summed E-state index contributed by atoms with van der Waals surface area (Å²) in [6, 6.07) is 9.52. The number of thiophene rings is 1. The Kier molecular flexibility index (Phi) is 8.84. The van der Waals surface area contributed by atoms with Crippen molar-refractivity contribution in [1.29, 1.82) is 0 Å². The third kappa shape index (κ3) is 6.31. The van der Waals surface area contributed by atoms with E-state index in [4.69, 9.17) is 4.74 Å². The number of rotatable bonds is 9. The van der Waals surface area contributed by atoms with E-state index < -0.39 is 10.0 Å².